The third-order valence-corrected chi connectivity index (χ3v) is 3.34. The van der Waals surface area contributed by atoms with Crippen LogP contribution in [-0.2, 0) is 6.61 Å². The van der Waals surface area contributed by atoms with Crippen LogP contribution in [0.25, 0.3) is 0 Å². The molecule has 2 rings (SSSR count). The van der Waals surface area contributed by atoms with Crippen LogP contribution in [0.15, 0.2) is 18.5 Å². The van der Waals surface area contributed by atoms with Gasteiger partial charge < -0.3 is 9.84 Å². The molecule has 0 saturated heterocycles. The van der Waals surface area contributed by atoms with Gasteiger partial charge in [0.25, 0.3) is 0 Å². The average molecular weight is 221 g/mol. The van der Waals surface area contributed by atoms with Crippen LogP contribution in [0.1, 0.15) is 38.2 Å². The third-order valence-electron chi connectivity index (χ3n) is 3.34. The van der Waals surface area contributed by atoms with Gasteiger partial charge in [-0.25, -0.2) is 0 Å². The summed E-state index contributed by atoms with van der Waals surface area (Å²) in [5.41, 5.74) is 0.778. The Morgan fingerprint density at radius 3 is 3.00 bits per heavy atom. The second kappa shape index (κ2) is 5.30. The molecule has 1 N–H and O–H groups in total. The minimum absolute atomic E-state index is 0.00965. The summed E-state index contributed by atoms with van der Waals surface area (Å²) in [6.45, 7) is 2.23. The first kappa shape index (κ1) is 11.4. The minimum atomic E-state index is -0.00965. The van der Waals surface area contributed by atoms with Gasteiger partial charge in [0.1, 0.15) is 11.9 Å². The van der Waals surface area contributed by atoms with Gasteiger partial charge >= 0.3 is 0 Å². The van der Waals surface area contributed by atoms with Gasteiger partial charge in [0.05, 0.1) is 6.61 Å². The van der Waals surface area contributed by atoms with Crippen molar-refractivity contribution in [1.29, 1.82) is 0 Å². The average Bonchev–Trinajstić information content (AvgIpc) is 2.33. The van der Waals surface area contributed by atoms with Crippen LogP contribution in [0.4, 0.5) is 0 Å². The van der Waals surface area contributed by atoms with E-state index >= 15 is 0 Å². The molecule has 0 amide bonds. The van der Waals surface area contributed by atoms with E-state index in [2.05, 4.69) is 11.9 Å². The number of hydrogen-bond acceptors (Lipinski definition) is 3. The fourth-order valence-corrected chi connectivity index (χ4v) is 2.27. The summed E-state index contributed by atoms with van der Waals surface area (Å²) in [7, 11) is 0. The molecule has 1 heterocycles. The summed E-state index contributed by atoms with van der Waals surface area (Å²) in [5.74, 6) is 1.39. The quantitative estimate of drug-likeness (QED) is 0.852. The fraction of sp³-hybridized carbons (Fsp3) is 0.615. The lowest BCUT2D eigenvalue weighted by atomic mass is 9.88. The molecule has 0 spiro atoms. The normalized spacial score (nSPS) is 25.4. The number of hydrogen-bond donors (Lipinski definition) is 1. The van der Waals surface area contributed by atoms with Crippen LogP contribution < -0.4 is 4.74 Å². The molecule has 2 atom stereocenters. The third kappa shape index (κ3) is 2.53. The summed E-state index contributed by atoms with van der Waals surface area (Å²) in [6.07, 6.45) is 8.59. The van der Waals surface area contributed by atoms with Gasteiger partial charge in [0.2, 0.25) is 0 Å². The van der Waals surface area contributed by atoms with Crippen LogP contribution in [0.3, 0.4) is 0 Å². The lowest BCUT2D eigenvalue weighted by Crippen LogP contribution is -2.28. The van der Waals surface area contributed by atoms with Crippen molar-refractivity contribution in [2.75, 3.05) is 0 Å². The van der Waals surface area contributed by atoms with Crippen molar-refractivity contribution in [3.8, 4) is 5.75 Å². The van der Waals surface area contributed by atoms with Gasteiger partial charge in [0.15, 0.2) is 0 Å². The highest BCUT2D eigenvalue weighted by Gasteiger charge is 2.23. The fourth-order valence-electron chi connectivity index (χ4n) is 2.27. The Balaban J connectivity index is 2.07. The first-order valence-electron chi connectivity index (χ1n) is 6.01. The van der Waals surface area contributed by atoms with Crippen molar-refractivity contribution in [3.05, 3.63) is 24.0 Å². The van der Waals surface area contributed by atoms with E-state index in [1.165, 1.54) is 19.3 Å². The Bertz CT molecular complexity index is 340. The molecule has 0 radical (unpaired) electrons. The van der Waals surface area contributed by atoms with E-state index < -0.39 is 0 Å². The first-order valence-corrected chi connectivity index (χ1v) is 6.01. The molecule has 1 aliphatic rings. The Morgan fingerprint density at radius 1 is 1.44 bits per heavy atom. The van der Waals surface area contributed by atoms with Crippen LogP contribution >= 0.6 is 0 Å². The molecule has 3 heteroatoms. The predicted octanol–water partition coefficient (Wildman–Crippen LogP) is 2.53. The van der Waals surface area contributed by atoms with Crippen molar-refractivity contribution in [2.45, 2.75) is 45.3 Å². The minimum Gasteiger partial charge on any atom is -0.490 e. The zero-order valence-corrected chi connectivity index (χ0v) is 9.72. The lowest BCUT2D eigenvalue weighted by Gasteiger charge is -2.29. The molecule has 0 aromatic carbocycles. The molecular weight excluding hydrogens is 202 g/mol. The molecule has 88 valence electrons. The number of aliphatic hydroxyl groups is 1. The van der Waals surface area contributed by atoms with E-state index in [-0.39, 0.29) is 6.61 Å². The summed E-state index contributed by atoms with van der Waals surface area (Å²) < 4.78 is 5.99. The highest BCUT2D eigenvalue weighted by Crippen LogP contribution is 2.29. The van der Waals surface area contributed by atoms with E-state index in [9.17, 15) is 5.11 Å². The molecule has 1 aromatic heterocycles. The highest BCUT2D eigenvalue weighted by molar-refractivity contribution is 5.29. The molecule has 0 bridgehead atoms. The maximum Gasteiger partial charge on any atom is 0.128 e. The highest BCUT2D eigenvalue weighted by atomic mass is 16.5. The number of rotatable bonds is 3. The van der Waals surface area contributed by atoms with Crippen molar-refractivity contribution in [3.63, 3.8) is 0 Å². The smallest absolute Gasteiger partial charge is 0.128 e. The van der Waals surface area contributed by atoms with E-state index in [4.69, 9.17) is 4.74 Å². The van der Waals surface area contributed by atoms with Gasteiger partial charge in [0, 0.05) is 18.0 Å². The van der Waals surface area contributed by atoms with Crippen molar-refractivity contribution >= 4 is 0 Å². The Morgan fingerprint density at radius 2 is 2.25 bits per heavy atom. The lowest BCUT2D eigenvalue weighted by molar-refractivity contribution is 0.0994. The van der Waals surface area contributed by atoms with Crippen molar-refractivity contribution in [2.24, 2.45) is 5.92 Å². The Kier molecular flexibility index (Phi) is 3.78. The van der Waals surface area contributed by atoms with E-state index in [0.717, 1.165) is 17.7 Å². The molecule has 1 saturated carbocycles. The molecule has 1 aromatic rings. The topological polar surface area (TPSA) is 42.4 Å². The number of aromatic nitrogens is 1. The molecule has 2 unspecified atom stereocenters. The second-order valence-corrected chi connectivity index (χ2v) is 4.56. The molecular formula is C13H19NO2. The van der Waals surface area contributed by atoms with Crippen LogP contribution in [0.2, 0.25) is 0 Å². The van der Waals surface area contributed by atoms with Gasteiger partial charge in [-0.1, -0.05) is 13.3 Å². The summed E-state index contributed by atoms with van der Waals surface area (Å²) in [6, 6.07) is 1.84. The van der Waals surface area contributed by atoms with Gasteiger partial charge in [-0.15, -0.1) is 0 Å². The molecule has 1 fully saturated rings. The zero-order valence-electron chi connectivity index (χ0n) is 9.72. The van der Waals surface area contributed by atoms with Crippen molar-refractivity contribution < 1.29 is 9.84 Å². The molecule has 1 aliphatic carbocycles. The van der Waals surface area contributed by atoms with Crippen molar-refractivity contribution in [1.82, 2.24) is 4.98 Å². The van der Waals surface area contributed by atoms with Gasteiger partial charge in [-0.2, -0.15) is 0 Å². The monoisotopic (exact) mass is 221 g/mol. The number of nitrogens with zero attached hydrogens (tertiary/aromatic N) is 1. The Labute approximate surface area is 96.5 Å². The zero-order chi connectivity index (χ0) is 11.4. The maximum atomic E-state index is 9.19. The number of ether oxygens (including phenoxy) is 1. The van der Waals surface area contributed by atoms with Gasteiger partial charge in [-0.05, 0) is 31.2 Å². The number of pyridine rings is 1. The van der Waals surface area contributed by atoms with Crippen LogP contribution in [-0.4, -0.2) is 16.2 Å². The number of aliphatic hydroxyl groups excluding tert-OH is 1. The summed E-state index contributed by atoms with van der Waals surface area (Å²) in [5, 5.41) is 9.19. The summed E-state index contributed by atoms with van der Waals surface area (Å²) in [4.78, 5) is 3.99. The largest absolute Gasteiger partial charge is 0.490 e. The van der Waals surface area contributed by atoms with Crippen LogP contribution in [0.5, 0.6) is 5.75 Å². The summed E-state index contributed by atoms with van der Waals surface area (Å²) >= 11 is 0. The van der Waals surface area contributed by atoms with Crippen LogP contribution in [0, 0.1) is 5.92 Å². The maximum absolute atomic E-state index is 9.19. The molecule has 16 heavy (non-hydrogen) atoms. The van der Waals surface area contributed by atoms with Gasteiger partial charge in [-0.3, -0.25) is 4.98 Å². The molecule has 3 nitrogen and oxygen atoms in total. The molecule has 0 aliphatic heterocycles. The Hall–Kier alpha value is -1.09. The van der Waals surface area contributed by atoms with E-state index in [0.29, 0.717) is 12.0 Å². The van der Waals surface area contributed by atoms with E-state index in [1.807, 2.05) is 6.07 Å². The first-order chi connectivity index (χ1) is 7.81. The van der Waals surface area contributed by atoms with E-state index in [1.54, 1.807) is 12.4 Å². The second-order valence-electron chi connectivity index (χ2n) is 4.56. The SMILES string of the molecule is CC1CCCCC1Oc1ccncc1CO. The predicted molar refractivity (Wildman–Crippen MR) is 62.2 cm³/mol. The standard InChI is InChI=1S/C13H19NO2/c1-10-4-2-3-5-12(10)16-13-6-7-14-8-11(13)9-15/h6-8,10,12,15H,2-5,9H2,1H3.